The molecule has 1 aromatic carbocycles. The van der Waals surface area contributed by atoms with E-state index in [0.717, 1.165) is 0 Å². The minimum absolute atomic E-state index is 0.247. The molecule has 0 aromatic heterocycles. The van der Waals surface area contributed by atoms with Gasteiger partial charge in [0, 0.05) is 11.8 Å². The van der Waals surface area contributed by atoms with Crippen LogP contribution in [0.25, 0.3) is 0 Å². The smallest absolute Gasteiger partial charge is 0.326 e. The Morgan fingerprint density at radius 1 is 1.35 bits per heavy atom. The Morgan fingerprint density at radius 2 is 1.95 bits per heavy atom. The van der Waals surface area contributed by atoms with Crippen molar-refractivity contribution in [3.8, 4) is 5.75 Å². The number of carbonyl (C=O) groups is 2. The summed E-state index contributed by atoms with van der Waals surface area (Å²) in [5.74, 6) is -1.29. The standard InChI is InChI=1S/C14H20N2O4/c1-14(2,3)11(13(18)19)16-12(17)9-6-5-8(15)7-10(9)20-4/h5-7,11H,15H2,1-4H3,(H,16,17)(H,18,19)/t11-/m1/s1. The average molecular weight is 280 g/mol. The summed E-state index contributed by atoms with van der Waals surface area (Å²) < 4.78 is 5.09. The molecule has 0 unspecified atom stereocenters. The van der Waals surface area contributed by atoms with Gasteiger partial charge in [0.15, 0.2) is 0 Å². The molecule has 0 spiro atoms. The zero-order valence-electron chi connectivity index (χ0n) is 12.1. The van der Waals surface area contributed by atoms with Crippen molar-refractivity contribution in [3.05, 3.63) is 23.8 Å². The molecule has 6 nitrogen and oxygen atoms in total. The molecule has 20 heavy (non-hydrogen) atoms. The number of carbonyl (C=O) groups excluding carboxylic acids is 1. The average Bonchev–Trinajstić information content (AvgIpc) is 2.33. The largest absolute Gasteiger partial charge is 0.496 e. The highest BCUT2D eigenvalue weighted by atomic mass is 16.5. The summed E-state index contributed by atoms with van der Waals surface area (Å²) in [6.07, 6.45) is 0. The Labute approximate surface area is 117 Å². The van der Waals surface area contributed by atoms with Gasteiger partial charge in [-0.1, -0.05) is 20.8 Å². The lowest BCUT2D eigenvalue weighted by atomic mass is 9.86. The quantitative estimate of drug-likeness (QED) is 0.725. The van der Waals surface area contributed by atoms with Gasteiger partial charge in [0.1, 0.15) is 11.8 Å². The number of rotatable bonds is 4. The lowest BCUT2D eigenvalue weighted by Crippen LogP contribution is -2.49. The van der Waals surface area contributed by atoms with Crippen LogP contribution in [0.15, 0.2) is 18.2 Å². The molecule has 4 N–H and O–H groups in total. The number of hydrogen-bond acceptors (Lipinski definition) is 4. The monoisotopic (exact) mass is 280 g/mol. The van der Waals surface area contributed by atoms with Gasteiger partial charge in [0.05, 0.1) is 12.7 Å². The number of nitrogen functional groups attached to an aromatic ring is 1. The molecule has 0 heterocycles. The molecule has 1 aromatic rings. The molecule has 0 aliphatic heterocycles. The van der Waals surface area contributed by atoms with Crippen molar-refractivity contribution in [2.24, 2.45) is 5.41 Å². The second-order valence-electron chi connectivity index (χ2n) is 5.57. The Kier molecular flexibility index (Phi) is 4.60. The number of anilines is 1. The predicted molar refractivity (Wildman–Crippen MR) is 75.8 cm³/mol. The van der Waals surface area contributed by atoms with Crippen LogP contribution in [0.4, 0.5) is 5.69 Å². The fourth-order valence-electron chi connectivity index (χ4n) is 1.75. The molecule has 1 atom stereocenters. The molecule has 0 fully saturated rings. The number of benzene rings is 1. The summed E-state index contributed by atoms with van der Waals surface area (Å²) >= 11 is 0. The van der Waals surface area contributed by atoms with Crippen molar-refractivity contribution in [2.45, 2.75) is 26.8 Å². The van der Waals surface area contributed by atoms with E-state index in [1.807, 2.05) is 0 Å². The van der Waals surface area contributed by atoms with Crippen molar-refractivity contribution in [1.82, 2.24) is 5.32 Å². The van der Waals surface area contributed by atoms with E-state index >= 15 is 0 Å². The number of carboxylic acid groups (broad SMARTS) is 1. The third-order valence-electron chi connectivity index (χ3n) is 2.86. The van der Waals surface area contributed by atoms with Gasteiger partial charge in [-0.25, -0.2) is 4.79 Å². The molecule has 0 aliphatic carbocycles. The minimum Gasteiger partial charge on any atom is -0.496 e. The summed E-state index contributed by atoms with van der Waals surface area (Å²) in [7, 11) is 1.42. The van der Waals surface area contributed by atoms with E-state index in [2.05, 4.69) is 5.32 Å². The van der Waals surface area contributed by atoms with Crippen LogP contribution in [0.3, 0.4) is 0 Å². The van der Waals surface area contributed by atoms with Crippen molar-refractivity contribution in [1.29, 1.82) is 0 Å². The second kappa shape index (κ2) is 5.81. The summed E-state index contributed by atoms with van der Waals surface area (Å²) in [4.78, 5) is 23.5. The Balaban J connectivity index is 3.04. The molecule has 6 heteroatoms. The number of ether oxygens (including phenoxy) is 1. The summed E-state index contributed by atoms with van der Waals surface area (Å²) in [5, 5.41) is 11.7. The van der Waals surface area contributed by atoms with Gasteiger partial charge in [0.25, 0.3) is 5.91 Å². The van der Waals surface area contributed by atoms with Gasteiger partial charge in [-0.3, -0.25) is 4.79 Å². The van der Waals surface area contributed by atoms with E-state index in [9.17, 15) is 14.7 Å². The molecule has 0 bridgehead atoms. The maximum Gasteiger partial charge on any atom is 0.326 e. The third-order valence-corrected chi connectivity index (χ3v) is 2.86. The van der Waals surface area contributed by atoms with E-state index in [1.54, 1.807) is 26.8 Å². The highest BCUT2D eigenvalue weighted by molar-refractivity contribution is 5.99. The maximum absolute atomic E-state index is 12.2. The van der Waals surface area contributed by atoms with E-state index < -0.39 is 23.3 Å². The van der Waals surface area contributed by atoms with E-state index in [1.165, 1.54) is 19.2 Å². The van der Waals surface area contributed by atoms with E-state index in [4.69, 9.17) is 10.5 Å². The fraction of sp³-hybridized carbons (Fsp3) is 0.429. The number of hydrogen-bond donors (Lipinski definition) is 3. The molecular formula is C14H20N2O4. The van der Waals surface area contributed by atoms with Crippen LogP contribution < -0.4 is 15.8 Å². The summed E-state index contributed by atoms with van der Waals surface area (Å²) in [5.41, 5.74) is 5.72. The van der Waals surface area contributed by atoms with Crippen LogP contribution in [-0.4, -0.2) is 30.1 Å². The predicted octanol–water partition coefficient (Wildman–Crippen LogP) is 1.51. The van der Waals surface area contributed by atoms with Gasteiger partial charge in [-0.15, -0.1) is 0 Å². The van der Waals surface area contributed by atoms with Crippen molar-refractivity contribution >= 4 is 17.6 Å². The Morgan fingerprint density at radius 3 is 2.40 bits per heavy atom. The van der Waals surface area contributed by atoms with Crippen LogP contribution in [-0.2, 0) is 4.79 Å². The number of aliphatic carboxylic acids is 1. The highest BCUT2D eigenvalue weighted by Crippen LogP contribution is 2.24. The first-order valence-electron chi connectivity index (χ1n) is 6.14. The van der Waals surface area contributed by atoms with Crippen molar-refractivity contribution in [3.63, 3.8) is 0 Å². The molecule has 0 saturated carbocycles. The van der Waals surface area contributed by atoms with Crippen LogP contribution in [0.2, 0.25) is 0 Å². The number of nitrogens with one attached hydrogen (secondary N) is 1. The first-order chi connectivity index (χ1) is 9.16. The van der Waals surface area contributed by atoms with Crippen LogP contribution in [0, 0.1) is 5.41 Å². The highest BCUT2D eigenvalue weighted by Gasteiger charge is 2.33. The third kappa shape index (κ3) is 3.63. The van der Waals surface area contributed by atoms with Gasteiger partial charge >= 0.3 is 5.97 Å². The normalized spacial score (nSPS) is 12.6. The summed E-state index contributed by atoms with van der Waals surface area (Å²) in [6.45, 7) is 5.23. The van der Waals surface area contributed by atoms with Crippen molar-refractivity contribution in [2.75, 3.05) is 12.8 Å². The van der Waals surface area contributed by atoms with Gasteiger partial charge in [-0.2, -0.15) is 0 Å². The van der Waals surface area contributed by atoms with Crippen LogP contribution in [0.5, 0.6) is 5.75 Å². The number of amides is 1. The second-order valence-corrected chi connectivity index (χ2v) is 5.57. The zero-order valence-corrected chi connectivity index (χ0v) is 12.1. The Bertz CT molecular complexity index is 520. The van der Waals surface area contributed by atoms with Crippen LogP contribution in [0.1, 0.15) is 31.1 Å². The minimum atomic E-state index is -1.08. The van der Waals surface area contributed by atoms with Gasteiger partial charge in [-0.05, 0) is 17.5 Å². The Hall–Kier alpha value is -2.24. The van der Waals surface area contributed by atoms with Crippen molar-refractivity contribution < 1.29 is 19.4 Å². The molecule has 1 rings (SSSR count). The van der Waals surface area contributed by atoms with Crippen LogP contribution >= 0.6 is 0 Å². The first kappa shape index (κ1) is 15.8. The lowest BCUT2D eigenvalue weighted by molar-refractivity contribution is -0.142. The van der Waals surface area contributed by atoms with E-state index in [0.29, 0.717) is 11.4 Å². The summed E-state index contributed by atoms with van der Waals surface area (Å²) in [6, 6.07) is 3.58. The first-order valence-corrected chi connectivity index (χ1v) is 6.14. The molecule has 0 radical (unpaired) electrons. The van der Waals surface area contributed by atoms with E-state index in [-0.39, 0.29) is 5.56 Å². The number of carboxylic acids is 1. The molecule has 1 amide bonds. The fourth-order valence-corrected chi connectivity index (χ4v) is 1.75. The van der Waals surface area contributed by atoms with Gasteiger partial charge in [0.2, 0.25) is 0 Å². The SMILES string of the molecule is COc1cc(N)ccc1C(=O)N[C@H](C(=O)O)C(C)(C)C. The topological polar surface area (TPSA) is 102 Å². The molecular weight excluding hydrogens is 260 g/mol. The zero-order chi connectivity index (χ0) is 15.5. The number of methoxy groups -OCH3 is 1. The lowest BCUT2D eigenvalue weighted by Gasteiger charge is -2.28. The molecule has 0 saturated heterocycles. The molecule has 110 valence electrons. The maximum atomic E-state index is 12.2. The molecule has 0 aliphatic rings. The van der Waals surface area contributed by atoms with Gasteiger partial charge < -0.3 is 20.9 Å². The number of nitrogens with two attached hydrogens (primary N) is 1.